The van der Waals surface area contributed by atoms with Gasteiger partial charge in [0.15, 0.2) is 0 Å². The number of hydrogen-bond acceptors (Lipinski definition) is 3. The molecule has 15 heavy (non-hydrogen) atoms. The van der Waals surface area contributed by atoms with Crippen molar-refractivity contribution in [3.8, 4) is 6.07 Å². The van der Waals surface area contributed by atoms with Crippen molar-refractivity contribution in [3.63, 3.8) is 0 Å². The van der Waals surface area contributed by atoms with E-state index < -0.39 is 0 Å². The number of nitrogens with two attached hydrogens (primary N) is 1. The van der Waals surface area contributed by atoms with E-state index in [9.17, 15) is 0 Å². The first-order valence-corrected chi connectivity index (χ1v) is 6.12. The molecule has 1 saturated carbocycles. The smallest absolute Gasteiger partial charge is 0.106 e. The Hall–Kier alpha value is -0.590. The SMILES string of the molecule is N#CC(N)CN1CCC2(CCCC2)CC1. The average Bonchev–Trinajstić information content (AvgIpc) is 2.70. The number of rotatable bonds is 2. The van der Waals surface area contributed by atoms with Gasteiger partial charge in [-0.25, -0.2) is 0 Å². The Kier molecular flexibility index (Phi) is 3.28. The molecule has 0 amide bonds. The number of hydrogen-bond donors (Lipinski definition) is 1. The Morgan fingerprint density at radius 3 is 2.33 bits per heavy atom. The van der Waals surface area contributed by atoms with Crippen LogP contribution in [0.2, 0.25) is 0 Å². The lowest BCUT2D eigenvalue weighted by molar-refractivity contribution is 0.107. The fourth-order valence-electron chi connectivity index (χ4n) is 3.15. The van der Waals surface area contributed by atoms with Gasteiger partial charge in [-0.3, -0.25) is 0 Å². The third-order valence-electron chi connectivity index (χ3n) is 4.20. The average molecular weight is 207 g/mol. The summed E-state index contributed by atoms with van der Waals surface area (Å²) in [5, 5.41) is 8.67. The second-order valence-corrected chi connectivity index (χ2v) is 5.24. The Morgan fingerprint density at radius 1 is 1.20 bits per heavy atom. The molecule has 1 saturated heterocycles. The molecule has 1 heterocycles. The summed E-state index contributed by atoms with van der Waals surface area (Å²) < 4.78 is 0. The van der Waals surface area contributed by atoms with Crippen molar-refractivity contribution < 1.29 is 0 Å². The lowest BCUT2D eigenvalue weighted by Gasteiger charge is -2.39. The standard InChI is InChI=1S/C12H21N3/c13-9-11(14)10-15-7-5-12(6-8-15)3-1-2-4-12/h11H,1-8,10,14H2. The molecule has 1 spiro atoms. The molecule has 2 rings (SSSR count). The Labute approximate surface area is 92.2 Å². The van der Waals surface area contributed by atoms with Crippen LogP contribution in [0.5, 0.6) is 0 Å². The quantitative estimate of drug-likeness (QED) is 0.746. The van der Waals surface area contributed by atoms with Crippen LogP contribution < -0.4 is 5.73 Å². The van der Waals surface area contributed by atoms with Crippen LogP contribution in [0.1, 0.15) is 38.5 Å². The maximum absolute atomic E-state index is 8.67. The molecule has 2 aliphatic rings. The molecular formula is C12H21N3. The molecule has 2 fully saturated rings. The lowest BCUT2D eigenvalue weighted by atomic mass is 9.77. The zero-order valence-electron chi connectivity index (χ0n) is 9.41. The first-order chi connectivity index (χ1) is 7.24. The minimum Gasteiger partial charge on any atom is -0.315 e. The molecule has 1 aliphatic heterocycles. The summed E-state index contributed by atoms with van der Waals surface area (Å²) in [7, 11) is 0. The van der Waals surface area contributed by atoms with Gasteiger partial charge in [-0.2, -0.15) is 5.26 Å². The Morgan fingerprint density at radius 2 is 1.80 bits per heavy atom. The third-order valence-corrected chi connectivity index (χ3v) is 4.20. The zero-order chi connectivity index (χ0) is 10.7. The number of nitrogens with zero attached hydrogens (tertiary/aromatic N) is 2. The normalized spacial score (nSPS) is 27.7. The van der Waals surface area contributed by atoms with Crippen LogP contribution in [0, 0.1) is 16.7 Å². The van der Waals surface area contributed by atoms with Crippen LogP contribution in [0.4, 0.5) is 0 Å². The van der Waals surface area contributed by atoms with Crippen LogP contribution in [-0.4, -0.2) is 30.6 Å². The van der Waals surface area contributed by atoms with Gasteiger partial charge in [0.1, 0.15) is 6.04 Å². The van der Waals surface area contributed by atoms with Crippen molar-refractivity contribution in [2.24, 2.45) is 11.1 Å². The molecule has 0 bridgehead atoms. The minimum atomic E-state index is -0.303. The van der Waals surface area contributed by atoms with Crippen LogP contribution in [-0.2, 0) is 0 Å². The van der Waals surface area contributed by atoms with E-state index in [-0.39, 0.29) is 6.04 Å². The summed E-state index contributed by atoms with van der Waals surface area (Å²) in [5.41, 5.74) is 6.32. The number of likely N-dealkylation sites (tertiary alicyclic amines) is 1. The van der Waals surface area contributed by atoms with Crippen molar-refractivity contribution >= 4 is 0 Å². The highest BCUT2D eigenvalue weighted by Crippen LogP contribution is 2.45. The maximum Gasteiger partial charge on any atom is 0.106 e. The van der Waals surface area contributed by atoms with Crippen LogP contribution in [0.3, 0.4) is 0 Å². The molecular weight excluding hydrogens is 186 g/mol. The van der Waals surface area contributed by atoms with Gasteiger partial charge in [0, 0.05) is 6.54 Å². The van der Waals surface area contributed by atoms with E-state index in [1.165, 1.54) is 38.5 Å². The Bertz CT molecular complexity index is 240. The van der Waals surface area contributed by atoms with E-state index in [0.717, 1.165) is 19.6 Å². The summed E-state index contributed by atoms with van der Waals surface area (Å²) in [6, 6.07) is 1.81. The molecule has 2 N–H and O–H groups in total. The number of piperidine rings is 1. The molecule has 84 valence electrons. The van der Waals surface area contributed by atoms with E-state index in [0.29, 0.717) is 5.41 Å². The van der Waals surface area contributed by atoms with Gasteiger partial charge in [0.2, 0.25) is 0 Å². The van der Waals surface area contributed by atoms with E-state index in [1.807, 2.05) is 0 Å². The summed E-state index contributed by atoms with van der Waals surface area (Å²) in [5.74, 6) is 0. The second kappa shape index (κ2) is 4.51. The molecule has 0 aromatic carbocycles. The zero-order valence-corrected chi connectivity index (χ0v) is 9.41. The third kappa shape index (κ3) is 2.50. The van der Waals surface area contributed by atoms with Gasteiger partial charge >= 0.3 is 0 Å². The fourth-order valence-corrected chi connectivity index (χ4v) is 3.15. The first kappa shape index (κ1) is 10.9. The largest absolute Gasteiger partial charge is 0.315 e. The second-order valence-electron chi connectivity index (χ2n) is 5.24. The van der Waals surface area contributed by atoms with Gasteiger partial charge in [-0.05, 0) is 44.2 Å². The molecule has 3 nitrogen and oxygen atoms in total. The fraction of sp³-hybridized carbons (Fsp3) is 0.917. The molecule has 1 unspecified atom stereocenters. The van der Waals surface area contributed by atoms with Crippen molar-refractivity contribution in [3.05, 3.63) is 0 Å². The topological polar surface area (TPSA) is 53.1 Å². The highest BCUT2D eigenvalue weighted by molar-refractivity contribution is 4.93. The highest BCUT2D eigenvalue weighted by Gasteiger charge is 2.36. The van der Waals surface area contributed by atoms with Gasteiger partial charge in [0.25, 0.3) is 0 Å². The molecule has 0 aromatic rings. The summed E-state index contributed by atoms with van der Waals surface area (Å²) in [6.45, 7) is 3.05. The minimum absolute atomic E-state index is 0.303. The van der Waals surface area contributed by atoms with Crippen LogP contribution >= 0.6 is 0 Å². The first-order valence-electron chi connectivity index (χ1n) is 6.12. The summed E-state index contributed by atoms with van der Waals surface area (Å²) in [6.07, 6.45) is 8.38. The van der Waals surface area contributed by atoms with Gasteiger partial charge < -0.3 is 10.6 Å². The monoisotopic (exact) mass is 207 g/mol. The molecule has 0 radical (unpaired) electrons. The highest BCUT2D eigenvalue weighted by atomic mass is 15.1. The Balaban J connectivity index is 1.79. The molecule has 1 atom stereocenters. The summed E-state index contributed by atoms with van der Waals surface area (Å²) >= 11 is 0. The van der Waals surface area contributed by atoms with Gasteiger partial charge in [-0.15, -0.1) is 0 Å². The van der Waals surface area contributed by atoms with Crippen LogP contribution in [0.25, 0.3) is 0 Å². The van der Waals surface area contributed by atoms with Crippen molar-refractivity contribution in [1.29, 1.82) is 5.26 Å². The lowest BCUT2D eigenvalue weighted by Crippen LogP contribution is -2.44. The van der Waals surface area contributed by atoms with Crippen molar-refractivity contribution in [1.82, 2.24) is 4.90 Å². The van der Waals surface area contributed by atoms with E-state index in [1.54, 1.807) is 0 Å². The predicted molar refractivity (Wildman–Crippen MR) is 60.2 cm³/mol. The van der Waals surface area contributed by atoms with E-state index >= 15 is 0 Å². The molecule has 3 heteroatoms. The van der Waals surface area contributed by atoms with E-state index in [4.69, 9.17) is 11.0 Å². The number of nitriles is 1. The molecule has 0 aromatic heterocycles. The van der Waals surface area contributed by atoms with Crippen molar-refractivity contribution in [2.45, 2.75) is 44.6 Å². The van der Waals surface area contributed by atoms with Gasteiger partial charge in [-0.1, -0.05) is 12.8 Å². The predicted octanol–water partition coefficient (Wildman–Crippen LogP) is 1.49. The summed E-state index contributed by atoms with van der Waals surface area (Å²) in [4.78, 5) is 2.36. The van der Waals surface area contributed by atoms with Gasteiger partial charge in [0.05, 0.1) is 6.07 Å². The maximum atomic E-state index is 8.67. The van der Waals surface area contributed by atoms with Crippen LogP contribution in [0.15, 0.2) is 0 Å². The molecule has 1 aliphatic carbocycles. The van der Waals surface area contributed by atoms with E-state index in [2.05, 4.69) is 11.0 Å². The van der Waals surface area contributed by atoms with Crippen molar-refractivity contribution in [2.75, 3.05) is 19.6 Å².